The molecule has 6 aromatic carbocycles. The zero-order valence-electron chi connectivity index (χ0n) is 38.9. The molecule has 3 nitrogen and oxygen atoms in total. The zero-order valence-corrected chi connectivity index (χ0v) is 38.9. The van der Waals surface area contributed by atoms with Gasteiger partial charge in [-0.1, -0.05) is 167 Å². The van der Waals surface area contributed by atoms with Crippen molar-refractivity contribution in [3.05, 3.63) is 150 Å². The number of nitrogens with zero attached hydrogens (tertiary/aromatic N) is 3. The molecule has 1 saturated carbocycles. The summed E-state index contributed by atoms with van der Waals surface area (Å²) >= 11 is 0. The van der Waals surface area contributed by atoms with Crippen LogP contribution in [0.15, 0.2) is 127 Å². The van der Waals surface area contributed by atoms with E-state index in [1.54, 1.807) is 5.56 Å². The summed E-state index contributed by atoms with van der Waals surface area (Å²) in [5.74, 6) is 0. The Bertz CT molecular complexity index is 2880. The molecule has 11 rings (SSSR count). The number of benzene rings is 6. The third kappa shape index (κ3) is 5.50. The molecular formula is C58H62BN3. The average Bonchev–Trinajstić information content (AvgIpc) is 3.72. The van der Waals surface area contributed by atoms with Gasteiger partial charge in [0.1, 0.15) is 0 Å². The average molecular weight is 812 g/mol. The molecule has 0 amide bonds. The van der Waals surface area contributed by atoms with E-state index in [1.807, 2.05) is 0 Å². The fourth-order valence-electron chi connectivity index (χ4n) is 12.0. The smallest absolute Gasteiger partial charge is 0.252 e. The fourth-order valence-corrected chi connectivity index (χ4v) is 12.0. The molecule has 312 valence electrons. The Morgan fingerprint density at radius 2 is 1.15 bits per heavy atom. The van der Waals surface area contributed by atoms with E-state index in [0.717, 1.165) is 6.42 Å². The van der Waals surface area contributed by atoms with Crippen LogP contribution in [0.25, 0.3) is 27.8 Å². The van der Waals surface area contributed by atoms with Crippen molar-refractivity contribution in [1.29, 1.82) is 0 Å². The summed E-state index contributed by atoms with van der Waals surface area (Å²) in [7, 11) is 0. The minimum atomic E-state index is -0.0883. The van der Waals surface area contributed by atoms with Crippen molar-refractivity contribution < 1.29 is 0 Å². The second kappa shape index (κ2) is 13.0. The van der Waals surface area contributed by atoms with E-state index in [1.165, 1.54) is 109 Å². The Hall–Kier alpha value is -5.48. The van der Waals surface area contributed by atoms with E-state index < -0.39 is 0 Å². The topological polar surface area (TPSA) is 11.4 Å². The van der Waals surface area contributed by atoms with Gasteiger partial charge in [-0.2, -0.15) is 0 Å². The van der Waals surface area contributed by atoms with E-state index >= 15 is 0 Å². The van der Waals surface area contributed by atoms with Gasteiger partial charge in [0.05, 0.1) is 16.9 Å². The highest BCUT2D eigenvalue weighted by Gasteiger charge is 2.61. The molecule has 0 radical (unpaired) electrons. The van der Waals surface area contributed by atoms with Gasteiger partial charge in [-0.3, -0.25) is 0 Å². The van der Waals surface area contributed by atoms with Crippen LogP contribution in [0, 0.1) is 0 Å². The number of anilines is 5. The lowest BCUT2D eigenvalue weighted by atomic mass is 9.33. The first kappa shape index (κ1) is 39.4. The van der Waals surface area contributed by atoms with Gasteiger partial charge in [0.2, 0.25) is 0 Å². The maximum atomic E-state index is 2.89. The Labute approximate surface area is 370 Å². The third-order valence-corrected chi connectivity index (χ3v) is 15.8. The molecular weight excluding hydrogens is 749 g/mol. The van der Waals surface area contributed by atoms with Crippen LogP contribution < -0.4 is 26.2 Å². The normalized spacial score (nSPS) is 20.0. The molecule has 2 atom stereocenters. The van der Waals surface area contributed by atoms with Crippen molar-refractivity contribution in [1.82, 2.24) is 4.57 Å². The van der Waals surface area contributed by atoms with Gasteiger partial charge in [0.25, 0.3) is 6.71 Å². The quantitative estimate of drug-likeness (QED) is 0.164. The van der Waals surface area contributed by atoms with Crippen molar-refractivity contribution >= 4 is 62.4 Å². The molecule has 0 N–H and O–H groups in total. The number of aromatic nitrogens is 1. The number of rotatable bonds is 4. The molecule has 7 aromatic rings. The summed E-state index contributed by atoms with van der Waals surface area (Å²) in [4.78, 5) is 5.42. The van der Waals surface area contributed by atoms with Crippen molar-refractivity contribution in [2.45, 2.75) is 129 Å². The van der Waals surface area contributed by atoms with Crippen LogP contribution in [0.1, 0.15) is 124 Å². The van der Waals surface area contributed by atoms with E-state index in [9.17, 15) is 0 Å². The predicted octanol–water partition coefficient (Wildman–Crippen LogP) is 13.5. The molecule has 3 aliphatic heterocycles. The second-order valence-corrected chi connectivity index (χ2v) is 22.6. The largest absolute Gasteiger partial charge is 0.335 e. The van der Waals surface area contributed by atoms with Crippen LogP contribution in [0.5, 0.6) is 0 Å². The van der Waals surface area contributed by atoms with Crippen LogP contribution in [-0.4, -0.2) is 16.8 Å². The second-order valence-electron chi connectivity index (χ2n) is 22.6. The lowest BCUT2D eigenvalue weighted by molar-refractivity contribution is 0.195. The summed E-state index contributed by atoms with van der Waals surface area (Å²) < 4.78 is 2.64. The van der Waals surface area contributed by atoms with Gasteiger partial charge >= 0.3 is 0 Å². The Morgan fingerprint density at radius 3 is 1.76 bits per heavy atom. The summed E-state index contributed by atoms with van der Waals surface area (Å²) in [6, 6.07) is 49.7. The first-order valence-corrected chi connectivity index (χ1v) is 23.3. The summed E-state index contributed by atoms with van der Waals surface area (Å²) in [5.41, 5.74) is 21.5. The SMILES string of the molecule is CC(C)(C)c1ccc(N(c2ccc(C(C)(C)C)cc2)c2cc3c4c(c2)-n2c(-c5ccccc5)cc5cccc(c52)B4c2cc(C(C)(C)C)cc4c2N3C2(C)CCCCC42C)cc1. The monoisotopic (exact) mass is 812 g/mol. The molecule has 1 aromatic heterocycles. The highest BCUT2D eigenvalue weighted by Crippen LogP contribution is 2.62. The predicted molar refractivity (Wildman–Crippen MR) is 267 cm³/mol. The number of hydrogen-bond acceptors (Lipinski definition) is 2. The lowest BCUT2D eigenvalue weighted by Crippen LogP contribution is -2.64. The standard InChI is InChI=1S/C58H62BN3/c1-54(2,3)39-22-26-42(27-23-39)60(43-28-24-40(25-29-43)55(4,5)6)44-35-49-51-50(36-44)62-53-45(57(10)30-15-16-31-58(57,62)11)33-41(56(7,8)9)34-47(53)59(51)46-21-17-20-38-32-48(61(49)52(38)46)37-18-13-12-14-19-37/h12-14,17-29,32-36H,15-16,30-31H2,1-11H3. The van der Waals surface area contributed by atoms with Gasteiger partial charge in [-0.05, 0) is 123 Å². The van der Waals surface area contributed by atoms with Crippen LogP contribution in [-0.2, 0) is 21.7 Å². The van der Waals surface area contributed by atoms with Gasteiger partial charge < -0.3 is 14.4 Å². The molecule has 62 heavy (non-hydrogen) atoms. The van der Waals surface area contributed by atoms with E-state index in [4.69, 9.17) is 0 Å². The molecule has 1 fully saturated rings. The molecule has 4 heterocycles. The molecule has 4 aliphatic rings. The molecule has 1 aliphatic carbocycles. The van der Waals surface area contributed by atoms with Gasteiger partial charge in [-0.25, -0.2) is 0 Å². The summed E-state index contributed by atoms with van der Waals surface area (Å²) in [5, 5.41) is 1.30. The van der Waals surface area contributed by atoms with Crippen molar-refractivity contribution in [2.75, 3.05) is 9.80 Å². The zero-order chi connectivity index (χ0) is 43.3. The Kier molecular flexibility index (Phi) is 8.28. The Morgan fingerprint density at radius 1 is 0.548 bits per heavy atom. The molecule has 0 bridgehead atoms. The van der Waals surface area contributed by atoms with E-state index in [2.05, 4.69) is 218 Å². The summed E-state index contributed by atoms with van der Waals surface area (Å²) in [6.07, 6.45) is 4.88. The van der Waals surface area contributed by atoms with Crippen LogP contribution >= 0.6 is 0 Å². The Balaban J connectivity index is 1.27. The third-order valence-electron chi connectivity index (χ3n) is 15.8. The van der Waals surface area contributed by atoms with Crippen molar-refractivity contribution in [3.8, 4) is 16.9 Å². The van der Waals surface area contributed by atoms with E-state index in [-0.39, 0.29) is 33.9 Å². The molecule has 0 saturated heterocycles. The van der Waals surface area contributed by atoms with Gasteiger partial charge in [-0.15, -0.1) is 0 Å². The number of hydrogen-bond donors (Lipinski definition) is 0. The minimum Gasteiger partial charge on any atom is -0.335 e. The highest BCUT2D eigenvalue weighted by atomic mass is 15.3. The molecule has 4 heteroatoms. The van der Waals surface area contributed by atoms with Crippen molar-refractivity contribution in [2.24, 2.45) is 0 Å². The van der Waals surface area contributed by atoms with Crippen LogP contribution in [0.4, 0.5) is 28.4 Å². The number of fused-ring (bicyclic) bond motifs is 7. The lowest BCUT2D eigenvalue weighted by Gasteiger charge is -2.52. The van der Waals surface area contributed by atoms with E-state index in [0.29, 0.717) is 0 Å². The highest BCUT2D eigenvalue weighted by molar-refractivity contribution is 7.00. The minimum absolute atomic E-state index is 0.00870. The first-order chi connectivity index (χ1) is 29.4. The maximum Gasteiger partial charge on any atom is 0.252 e. The van der Waals surface area contributed by atoms with Gasteiger partial charge in [0, 0.05) is 44.8 Å². The first-order valence-electron chi connectivity index (χ1n) is 23.3. The maximum absolute atomic E-state index is 2.89. The van der Waals surface area contributed by atoms with Crippen LogP contribution in [0.2, 0.25) is 0 Å². The van der Waals surface area contributed by atoms with Gasteiger partial charge in [0.15, 0.2) is 0 Å². The molecule has 0 spiro atoms. The fraction of sp³-hybridized carbons (Fsp3) is 0.345. The molecule has 2 unspecified atom stereocenters. The number of para-hydroxylation sites is 1. The van der Waals surface area contributed by atoms with Crippen molar-refractivity contribution in [3.63, 3.8) is 0 Å². The summed E-state index contributed by atoms with van der Waals surface area (Å²) in [6.45, 7) is 26.4. The van der Waals surface area contributed by atoms with Crippen LogP contribution in [0.3, 0.4) is 0 Å².